The van der Waals surface area contributed by atoms with E-state index in [1.807, 2.05) is 0 Å². The molecule has 0 aliphatic rings. The molecule has 0 saturated heterocycles. The molecule has 1 aromatic carbocycles. The van der Waals surface area contributed by atoms with Crippen molar-refractivity contribution in [3.8, 4) is 5.75 Å². The van der Waals surface area contributed by atoms with Gasteiger partial charge in [-0.2, -0.15) is 0 Å². The van der Waals surface area contributed by atoms with Crippen LogP contribution in [0.5, 0.6) is 5.75 Å². The summed E-state index contributed by atoms with van der Waals surface area (Å²) in [6, 6.07) is 4.44. The monoisotopic (exact) mass is 281 g/mol. The fourth-order valence-electron chi connectivity index (χ4n) is 1.43. The number of halogens is 1. The number of phenols is 1. The van der Waals surface area contributed by atoms with Crippen LogP contribution < -0.4 is 5.32 Å². The number of carbonyl (C=O) groups is 2. The standard InChI is InChI=1S/C12H8FNO4S/c13-9-5-6(15)1-2-7(9)10(16)14-11-8(12(17)18)3-4-19-11/h1-5,15H,(H,14,16)(H,17,18). The predicted octanol–water partition coefficient (Wildman–Crippen LogP) is 2.54. The minimum Gasteiger partial charge on any atom is -0.508 e. The van der Waals surface area contributed by atoms with Crippen molar-refractivity contribution in [2.24, 2.45) is 0 Å². The molecule has 1 aromatic heterocycles. The molecular formula is C12H8FNO4S. The van der Waals surface area contributed by atoms with Crippen LogP contribution in [0.3, 0.4) is 0 Å². The van der Waals surface area contributed by atoms with Crippen molar-refractivity contribution in [3.05, 3.63) is 46.6 Å². The van der Waals surface area contributed by atoms with Crippen molar-refractivity contribution >= 4 is 28.2 Å². The zero-order valence-corrected chi connectivity index (χ0v) is 10.2. The Hall–Kier alpha value is -2.41. The van der Waals surface area contributed by atoms with Crippen molar-refractivity contribution in [1.82, 2.24) is 0 Å². The lowest BCUT2D eigenvalue weighted by molar-refractivity contribution is 0.0698. The number of carbonyl (C=O) groups excluding carboxylic acids is 1. The molecule has 0 spiro atoms. The van der Waals surface area contributed by atoms with Crippen molar-refractivity contribution in [1.29, 1.82) is 0 Å². The third kappa shape index (κ3) is 2.71. The maximum absolute atomic E-state index is 13.5. The Morgan fingerprint density at radius 1 is 1.21 bits per heavy atom. The van der Waals surface area contributed by atoms with E-state index in [4.69, 9.17) is 10.2 Å². The van der Waals surface area contributed by atoms with E-state index in [9.17, 15) is 14.0 Å². The van der Waals surface area contributed by atoms with Gasteiger partial charge in [-0.25, -0.2) is 9.18 Å². The van der Waals surface area contributed by atoms with Crippen LogP contribution in [0, 0.1) is 5.82 Å². The van der Waals surface area contributed by atoms with Gasteiger partial charge < -0.3 is 15.5 Å². The van der Waals surface area contributed by atoms with Gasteiger partial charge in [-0.3, -0.25) is 4.79 Å². The maximum Gasteiger partial charge on any atom is 0.338 e. The van der Waals surface area contributed by atoms with Crippen LogP contribution in [-0.2, 0) is 0 Å². The van der Waals surface area contributed by atoms with Crippen LogP contribution in [0.4, 0.5) is 9.39 Å². The van der Waals surface area contributed by atoms with E-state index in [1.54, 1.807) is 0 Å². The number of amides is 1. The fraction of sp³-hybridized carbons (Fsp3) is 0. The van der Waals surface area contributed by atoms with E-state index < -0.39 is 17.7 Å². The highest BCUT2D eigenvalue weighted by Crippen LogP contribution is 2.24. The molecule has 1 amide bonds. The average Bonchev–Trinajstić information content (AvgIpc) is 2.76. The highest BCUT2D eigenvalue weighted by molar-refractivity contribution is 7.14. The number of aromatic hydroxyl groups is 1. The lowest BCUT2D eigenvalue weighted by Gasteiger charge is -2.05. The van der Waals surface area contributed by atoms with Gasteiger partial charge in [0.25, 0.3) is 5.91 Å². The highest BCUT2D eigenvalue weighted by atomic mass is 32.1. The molecule has 19 heavy (non-hydrogen) atoms. The van der Waals surface area contributed by atoms with E-state index in [0.717, 1.165) is 23.5 Å². The van der Waals surface area contributed by atoms with Crippen LogP contribution in [0.25, 0.3) is 0 Å². The van der Waals surface area contributed by atoms with E-state index in [2.05, 4.69) is 5.32 Å². The molecule has 0 radical (unpaired) electrons. The molecule has 0 aliphatic heterocycles. The molecule has 2 rings (SSSR count). The number of carboxylic acid groups (broad SMARTS) is 1. The second kappa shape index (κ2) is 5.07. The van der Waals surface area contributed by atoms with Gasteiger partial charge >= 0.3 is 5.97 Å². The van der Waals surface area contributed by atoms with Gasteiger partial charge in [0.05, 0.1) is 11.1 Å². The minimum absolute atomic E-state index is 0.0578. The highest BCUT2D eigenvalue weighted by Gasteiger charge is 2.17. The van der Waals surface area contributed by atoms with Crippen molar-refractivity contribution in [2.75, 3.05) is 5.32 Å². The number of hydrogen-bond donors (Lipinski definition) is 3. The van der Waals surface area contributed by atoms with E-state index in [0.29, 0.717) is 0 Å². The zero-order chi connectivity index (χ0) is 14.0. The Kier molecular flexibility index (Phi) is 3.48. The number of anilines is 1. The molecule has 0 fully saturated rings. The number of aromatic carboxylic acids is 1. The van der Waals surface area contributed by atoms with Crippen molar-refractivity contribution in [2.45, 2.75) is 0 Å². The van der Waals surface area contributed by atoms with Crippen LogP contribution in [0.1, 0.15) is 20.7 Å². The third-order valence-corrected chi connectivity index (χ3v) is 3.15. The van der Waals surface area contributed by atoms with E-state index in [-0.39, 0.29) is 21.9 Å². The van der Waals surface area contributed by atoms with Crippen molar-refractivity contribution < 1.29 is 24.2 Å². The van der Waals surface area contributed by atoms with Gasteiger partial charge in [-0.05, 0) is 23.6 Å². The van der Waals surface area contributed by atoms with Crippen LogP contribution in [0.15, 0.2) is 29.6 Å². The molecule has 0 bridgehead atoms. The predicted molar refractivity (Wildman–Crippen MR) is 67.3 cm³/mol. The number of carboxylic acids is 1. The lowest BCUT2D eigenvalue weighted by Crippen LogP contribution is -2.14. The van der Waals surface area contributed by atoms with Gasteiger partial charge in [0.15, 0.2) is 0 Å². The molecule has 5 nitrogen and oxygen atoms in total. The number of nitrogens with one attached hydrogen (secondary N) is 1. The second-order valence-electron chi connectivity index (χ2n) is 3.59. The first-order chi connectivity index (χ1) is 8.99. The Morgan fingerprint density at radius 3 is 2.58 bits per heavy atom. The molecule has 0 aliphatic carbocycles. The number of rotatable bonds is 3. The van der Waals surface area contributed by atoms with E-state index in [1.165, 1.54) is 17.5 Å². The third-order valence-electron chi connectivity index (χ3n) is 2.32. The van der Waals surface area contributed by atoms with Crippen LogP contribution in [-0.4, -0.2) is 22.1 Å². The Bertz CT molecular complexity index is 653. The lowest BCUT2D eigenvalue weighted by atomic mass is 10.2. The first-order valence-electron chi connectivity index (χ1n) is 5.09. The molecule has 2 aromatic rings. The van der Waals surface area contributed by atoms with Gasteiger partial charge in [0, 0.05) is 6.07 Å². The number of benzene rings is 1. The molecule has 0 atom stereocenters. The topological polar surface area (TPSA) is 86.6 Å². The molecule has 7 heteroatoms. The zero-order valence-electron chi connectivity index (χ0n) is 9.38. The number of thiophene rings is 1. The summed E-state index contributed by atoms with van der Waals surface area (Å²) in [5.74, 6) is -3.13. The quantitative estimate of drug-likeness (QED) is 0.807. The molecule has 98 valence electrons. The summed E-state index contributed by atoms with van der Waals surface area (Å²) >= 11 is 1.03. The molecule has 0 saturated carbocycles. The van der Waals surface area contributed by atoms with Gasteiger partial charge in [-0.1, -0.05) is 0 Å². The summed E-state index contributed by atoms with van der Waals surface area (Å²) in [5.41, 5.74) is -0.333. The summed E-state index contributed by atoms with van der Waals surface area (Å²) in [6.45, 7) is 0. The SMILES string of the molecule is O=C(Nc1sccc1C(=O)O)c1ccc(O)cc1F. The molecular weight excluding hydrogens is 273 g/mol. The van der Waals surface area contributed by atoms with Gasteiger partial charge in [0.1, 0.15) is 16.6 Å². The van der Waals surface area contributed by atoms with Gasteiger partial charge in [-0.15, -0.1) is 11.3 Å². The summed E-state index contributed by atoms with van der Waals surface area (Å²) in [6.07, 6.45) is 0. The largest absolute Gasteiger partial charge is 0.508 e. The van der Waals surface area contributed by atoms with E-state index >= 15 is 0 Å². The first-order valence-corrected chi connectivity index (χ1v) is 5.97. The number of phenolic OH excluding ortho intramolecular Hbond substituents is 1. The molecule has 1 heterocycles. The van der Waals surface area contributed by atoms with Crippen molar-refractivity contribution in [3.63, 3.8) is 0 Å². The minimum atomic E-state index is -1.18. The Balaban J connectivity index is 2.26. The normalized spacial score (nSPS) is 10.2. The summed E-state index contributed by atoms with van der Waals surface area (Å²) in [4.78, 5) is 22.7. The maximum atomic E-state index is 13.5. The summed E-state index contributed by atoms with van der Waals surface area (Å²) in [7, 11) is 0. The summed E-state index contributed by atoms with van der Waals surface area (Å²) in [5, 5.41) is 21.9. The average molecular weight is 281 g/mol. The number of hydrogen-bond acceptors (Lipinski definition) is 4. The molecule has 3 N–H and O–H groups in total. The Labute approximate surface area is 110 Å². The first kappa shape index (κ1) is 13.0. The van der Waals surface area contributed by atoms with Gasteiger partial charge in [0.2, 0.25) is 0 Å². The molecule has 0 unspecified atom stereocenters. The van der Waals surface area contributed by atoms with Crippen LogP contribution in [0.2, 0.25) is 0 Å². The second-order valence-corrected chi connectivity index (χ2v) is 4.50. The summed E-state index contributed by atoms with van der Waals surface area (Å²) < 4.78 is 13.5. The van der Waals surface area contributed by atoms with Crippen LogP contribution >= 0.6 is 11.3 Å². The smallest absolute Gasteiger partial charge is 0.338 e. The Morgan fingerprint density at radius 2 is 1.95 bits per heavy atom. The fourth-order valence-corrected chi connectivity index (χ4v) is 2.21.